The van der Waals surface area contributed by atoms with Gasteiger partial charge in [0.05, 0.1) is 56.4 Å². The van der Waals surface area contributed by atoms with E-state index >= 15 is 0 Å². The Kier molecular flexibility index (Phi) is 16.4. The van der Waals surface area contributed by atoms with Gasteiger partial charge in [-0.05, 0) is 80.3 Å². The van der Waals surface area contributed by atoms with Crippen LogP contribution in [0.15, 0.2) is 83.8 Å². The summed E-state index contributed by atoms with van der Waals surface area (Å²) in [6.45, 7) is 7.74. The highest BCUT2D eigenvalue weighted by Crippen LogP contribution is 2.52. The number of sulfonamides is 1. The van der Waals surface area contributed by atoms with Gasteiger partial charge in [-0.1, -0.05) is 44.2 Å². The average molecular weight is 861 g/mol. The van der Waals surface area contributed by atoms with Crippen LogP contribution >= 0.6 is 7.60 Å². The molecule has 0 aliphatic carbocycles. The quantitative estimate of drug-likeness (QED) is 0.0935. The van der Waals surface area contributed by atoms with Crippen molar-refractivity contribution >= 4 is 35.2 Å². The molecule has 17 heteroatoms. The third-order valence-electron chi connectivity index (χ3n) is 10.1. The molecule has 0 aromatic heterocycles. The van der Waals surface area contributed by atoms with Crippen molar-refractivity contribution in [2.24, 2.45) is 17.8 Å². The predicted molar refractivity (Wildman–Crippen MR) is 220 cm³/mol. The first-order valence-electron chi connectivity index (χ1n) is 19.8. The zero-order valence-corrected chi connectivity index (χ0v) is 36.2. The lowest BCUT2D eigenvalue weighted by Crippen LogP contribution is -2.45. The number of rotatable bonds is 22. The summed E-state index contributed by atoms with van der Waals surface area (Å²) in [7, 11) is -4.72. The molecule has 2 aliphatic rings. The van der Waals surface area contributed by atoms with Gasteiger partial charge < -0.3 is 38.2 Å². The number of anilines is 1. The summed E-state index contributed by atoms with van der Waals surface area (Å²) in [5.41, 5.74) is 1.29. The second-order valence-corrected chi connectivity index (χ2v) is 19.1. The minimum Gasteiger partial charge on any atom is -0.497 e. The molecule has 1 N–H and O–H groups in total. The molecule has 59 heavy (non-hydrogen) atoms. The Hall–Kier alpha value is -4.02. The van der Waals surface area contributed by atoms with E-state index in [0.29, 0.717) is 35.8 Å². The molecule has 5 rings (SSSR count). The molecule has 0 spiro atoms. The minimum absolute atomic E-state index is 0.0494. The molecule has 2 aliphatic heterocycles. The van der Waals surface area contributed by atoms with Gasteiger partial charge in [-0.2, -0.15) is 4.31 Å². The standard InChI is InChI=1S/C42H57N2O13PS/c1-7-52-41(47)30(4)56-58(48,57-35-11-9-8-10-12-35)28-31-13-15-33(16-14-31)43(5)25-32(23-40(46)55-39-27-54-42-37(39)21-22-53-42)38(45)26-44(24-29(2)3)59(49,50)36-19-17-34(51-6)18-20-36/h8-20,29-30,32,37-39,42,45H,7,21-28H2,1-6H3/t30-,32-,37-,38+,39-,42+,58?/m0/s1. The van der Waals surface area contributed by atoms with Crippen molar-refractivity contribution in [1.82, 2.24) is 4.31 Å². The summed E-state index contributed by atoms with van der Waals surface area (Å²) >= 11 is 0. The van der Waals surface area contributed by atoms with Gasteiger partial charge in [0.1, 0.15) is 17.6 Å². The lowest BCUT2D eigenvalue weighted by Gasteiger charge is -2.32. The van der Waals surface area contributed by atoms with Gasteiger partial charge >= 0.3 is 19.5 Å². The highest BCUT2D eigenvalue weighted by Gasteiger charge is 2.44. The second kappa shape index (κ2) is 21.0. The van der Waals surface area contributed by atoms with E-state index in [2.05, 4.69) is 0 Å². The molecule has 3 aromatic carbocycles. The largest absolute Gasteiger partial charge is 0.497 e. The molecule has 7 atom stereocenters. The van der Waals surface area contributed by atoms with Crippen molar-refractivity contribution in [2.75, 3.05) is 58.5 Å². The van der Waals surface area contributed by atoms with Crippen molar-refractivity contribution in [2.45, 2.75) is 76.2 Å². The molecule has 15 nitrogen and oxygen atoms in total. The first kappa shape index (κ1) is 46.1. The number of hydrogen-bond donors (Lipinski definition) is 1. The normalized spacial score (nSPS) is 20.3. The van der Waals surface area contributed by atoms with Crippen molar-refractivity contribution in [3.8, 4) is 11.5 Å². The predicted octanol–water partition coefficient (Wildman–Crippen LogP) is 5.89. The number of ether oxygens (including phenoxy) is 5. The van der Waals surface area contributed by atoms with Crippen LogP contribution in [-0.4, -0.2) is 108 Å². The van der Waals surface area contributed by atoms with Gasteiger partial charge in [0.15, 0.2) is 12.4 Å². The maximum absolute atomic E-state index is 14.1. The smallest absolute Gasteiger partial charge is 0.384 e. The Labute approximate surface area is 347 Å². The van der Waals surface area contributed by atoms with Crippen molar-refractivity contribution in [3.05, 3.63) is 84.4 Å². The second-order valence-electron chi connectivity index (χ2n) is 15.2. The third kappa shape index (κ3) is 12.7. The van der Waals surface area contributed by atoms with Crippen LogP contribution in [0.2, 0.25) is 0 Å². The third-order valence-corrected chi connectivity index (χ3v) is 13.8. The van der Waals surface area contributed by atoms with Crippen LogP contribution in [0.1, 0.15) is 46.1 Å². The molecule has 0 amide bonds. The highest BCUT2D eigenvalue weighted by molar-refractivity contribution is 7.89. The lowest BCUT2D eigenvalue weighted by atomic mass is 9.96. The van der Waals surface area contributed by atoms with Crippen LogP contribution in [0, 0.1) is 17.8 Å². The summed E-state index contributed by atoms with van der Waals surface area (Å²) in [5.74, 6) is -1.32. The van der Waals surface area contributed by atoms with Crippen LogP contribution in [0.5, 0.6) is 11.5 Å². The fourth-order valence-corrected chi connectivity index (χ4v) is 10.5. The number of aliphatic hydroxyl groups excluding tert-OH is 1. The van der Waals surface area contributed by atoms with Crippen LogP contribution < -0.4 is 14.2 Å². The zero-order chi connectivity index (χ0) is 42.7. The topological polar surface area (TPSA) is 177 Å². The Morgan fingerprint density at radius 3 is 2.27 bits per heavy atom. The van der Waals surface area contributed by atoms with Crippen LogP contribution in [-0.2, 0) is 53.8 Å². The Balaban J connectivity index is 1.35. The number of aliphatic hydroxyl groups is 1. The summed E-state index contributed by atoms with van der Waals surface area (Å²) in [4.78, 5) is 27.8. The Morgan fingerprint density at radius 1 is 0.932 bits per heavy atom. The van der Waals surface area contributed by atoms with Gasteiger partial charge in [0, 0.05) is 38.3 Å². The molecular formula is C42H57N2O13PS. The van der Waals surface area contributed by atoms with E-state index < -0.39 is 60.1 Å². The number of carbonyl (C=O) groups excluding carboxylic acids is 2. The first-order chi connectivity index (χ1) is 28.1. The number of nitrogens with zero attached hydrogens (tertiary/aromatic N) is 2. The molecule has 0 saturated carbocycles. The van der Waals surface area contributed by atoms with Crippen molar-refractivity contribution in [1.29, 1.82) is 0 Å². The molecule has 3 aromatic rings. The van der Waals surface area contributed by atoms with E-state index in [1.807, 2.05) is 18.7 Å². The molecule has 0 bridgehead atoms. The fraction of sp³-hybridized carbons (Fsp3) is 0.524. The first-order valence-corrected chi connectivity index (χ1v) is 23.0. The molecule has 1 unspecified atom stereocenters. The van der Waals surface area contributed by atoms with E-state index in [-0.39, 0.29) is 62.2 Å². The van der Waals surface area contributed by atoms with Gasteiger partial charge in [-0.25, -0.2) is 17.8 Å². The molecular weight excluding hydrogens is 804 g/mol. The number of hydrogen-bond acceptors (Lipinski definition) is 14. The van der Waals surface area contributed by atoms with Gasteiger partial charge in [-0.15, -0.1) is 0 Å². The number of methoxy groups -OCH3 is 1. The summed E-state index contributed by atoms with van der Waals surface area (Å²) in [6, 6.07) is 21.6. The molecule has 0 radical (unpaired) electrons. The minimum atomic E-state index is -4.05. The average Bonchev–Trinajstić information content (AvgIpc) is 3.83. The number of carbonyl (C=O) groups is 2. The maximum atomic E-state index is 14.1. The highest BCUT2D eigenvalue weighted by atomic mass is 32.2. The monoisotopic (exact) mass is 860 g/mol. The summed E-state index contributed by atoms with van der Waals surface area (Å²) in [5, 5.41) is 11.9. The zero-order valence-electron chi connectivity index (χ0n) is 34.5. The molecule has 2 heterocycles. The van der Waals surface area contributed by atoms with Gasteiger partial charge in [0.25, 0.3) is 0 Å². The molecule has 324 valence electrons. The van der Waals surface area contributed by atoms with Gasteiger partial charge in [-0.3, -0.25) is 9.32 Å². The Bertz CT molecular complexity index is 1970. The SMILES string of the molecule is CCOC(=O)[C@H](C)OP(=O)(Cc1ccc(N(C)C[C@H](CC(=O)O[C@H]2CO[C@H]3OCC[C@H]32)[C@H](O)CN(CC(C)C)S(=O)(=O)c2ccc(OC)cc2)cc1)Oc1ccccc1. The van der Waals surface area contributed by atoms with E-state index in [4.69, 9.17) is 32.7 Å². The Morgan fingerprint density at radius 2 is 1.63 bits per heavy atom. The van der Waals surface area contributed by atoms with Gasteiger partial charge in [0.2, 0.25) is 10.0 Å². The maximum Gasteiger partial charge on any atom is 0.384 e. The van der Waals surface area contributed by atoms with Crippen molar-refractivity contribution in [3.63, 3.8) is 0 Å². The molecule has 2 saturated heterocycles. The summed E-state index contributed by atoms with van der Waals surface area (Å²) < 4.78 is 82.3. The molecule has 2 fully saturated rings. The number of para-hydroxylation sites is 1. The number of benzene rings is 3. The van der Waals surface area contributed by atoms with E-state index in [1.165, 1.54) is 30.5 Å². The van der Waals surface area contributed by atoms with Crippen LogP contribution in [0.25, 0.3) is 0 Å². The van der Waals surface area contributed by atoms with Crippen LogP contribution in [0.3, 0.4) is 0 Å². The van der Waals surface area contributed by atoms with E-state index in [0.717, 1.165) is 0 Å². The van der Waals surface area contributed by atoms with E-state index in [1.54, 1.807) is 80.7 Å². The lowest BCUT2D eigenvalue weighted by molar-refractivity contribution is -0.153. The fourth-order valence-electron chi connectivity index (χ4n) is 7.05. The van der Waals surface area contributed by atoms with Crippen molar-refractivity contribution < 1.29 is 60.4 Å². The van der Waals surface area contributed by atoms with Crippen LogP contribution in [0.4, 0.5) is 5.69 Å². The number of esters is 2. The summed E-state index contributed by atoms with van der Waals surface area (Å²) in [6.07, 6.45) is -2.99. The number of fused-ring (bicyclic) bond motifs is 1. The van der Waals surface area contributed by atoms with E-state index in [9.17, 15) is 27.7 Å².